The van der Waals surface area contributed by atoms with E-state index in [0.717, 1.165) is 26.7 Å². The van der Waals surface area contributed by atoms with Crippen LogP contribution in [0.25, 0.3) is 22.3 Å². The van der Waals surface area contributed by atoms with Crippen LogP contribution in [0, 0.1) is 0 Å². The van der Waals surface area contributed by atoms with Crippen LogP contribution in [-0.2, 0) is 15.3 Å². The number of hydrogen-bond donors (Lipinski definition) is 0. The van der Waals surface area contributed by atoms with Crippen LogP contribution >= 0.6 is 15.9 Å². The van der Waals surface area contributed by atoms with E-state index >= 15 is 0 Å². The van der Waals surface area contributed by atoms with Gasteiger partial charge in [0.2, 0.25) is 9.84 Å². The highest BCUT2D eigenvalue weighted by molar-refractivity contribution is 9.10. The second kappa shape index (κ2) is 4.63. The third-order valence-corrected chi connectivity index (χ3v) is 7.84. The van der Waals surface area contributed by atoms with Crippen molar-refractivity contribution in [2.24, 2.45) is 0 Å². The molecule has 0 unspecified atom stereocenters. The van der Waals surface area contributed by atoms with E-state index < -0.39 is 9.84 Å². The summed E-state index contributed by atoms with van der Waals surface area (Å²) < 4.78 is 27.0. The summed E-state index contributed by atoms with van der Waals surface area (Å²) in [5.41, 5.74) is 6.05. The zero-order valence-electron chi connectivity index (χ0n) is 13.8. The largest absolute Gasteiger partial charge is 0.218 e. The molecule has 3 aromatic carbocycles. The van der Waals surface area contributed by atoms with Gasteiger partial charge in [-0.15, -0.1) is 0 Å². The maximum absolute atomic E-state index is 13.0. The summed E-state index contributed by atoms with van der Waals surface area (Å²) in [6.07, 6.45) is 0. The Morgan fingerprint density at radius 2 is 1.48 bits per heavy atom. The summed E-state index contributed by atoms with van der Waals surface area (Å²) in [6.45, 7) is 4.40. The fourth-order valence-electron chi connectivity index (χ4n) is 4.21. The van der Waals surface area contributed by atoms with Crippen molar-refractivity contribution in [3.05, 3.63) is 70.2 Å². The minimum atomic E-state index is -3.44. The molecular weight excluding hydrogens is 396 g/mol. The predicted molar refractivity (Wildman–Crippen MR) is 103 cm³/mol. The van der Waals surface area contributed by atoms with Crippen molar-refractivity contribution in [1.29, 1.82) is 0 Å². The molecule has 4 heteroatoms. The summed E-state index contributed by atoms with van der Waals surface area (Å²) in [5.74, 6) is 0. The van der Waals surface area contributed by atoms with Crippen LogP contribution < -0.4 is 0 Å². The highest BCUT2D eigenvalue weighted by Crippen LogP contribution is 2.54. The molecule has 5 rings (SSSR count). The molecule has 2 nitrogen and oxygen atoms in total. The van der Waals surface area contributed by atoms with Gasteiger partial charge in [-0.25, -0.2) is 8.42 Å². The van der Waals surface area contributed by atoms with Gasteiger partial charge >= 0.3 is 0 Å². The molecule has 0 amide bonds. The molecule has 0 bridgehead atoms. The van der Waals surface area contributed by atoms with Crippen molar-refractivity contribution < 1.29 is 8.42 Å². The Bertz CT molecular complexity index is 1190. The van der Waals surface area contributed by atoms with E-state index in [1.54, 1.807) is 12.1 Å². The molecule has 1 heterocycles. The number of hydrogen-bond acceptors (Lipinski definition) is 2. The van der Waals surface area contributed by atoms with Crippen LogP contribution in [0.2, 0.25) is 0 Å². The van der Waals surface area contributed by atoms with Crippen molar-refractivity contribution in [2.75, 3.05) is 0 Å². The first kappa shape index (κ1) is 15.4. The lowest BCUT2D eigenvalue weighted by atomic mass is 9.81. The average molecular weight is 411 g/mol. The molecule has 1 aliphatic heterocycles. The van der Waals surface area contributed by atoms with Crippen LogP contribution in [0.15, 0.2) is 68.9 Å². The lowest BCUT2D eigenvalue weighted by Gasteiger charge is -2.22. The molecule has 0 atom stereocenters. The Kier molecular flexibility index (Phi) is 2.84. The van der Waals surface area contributed by atoms with Gasteiger partial charge in [0.1, 0.15) is 0 Å². The first-order chi connectivity index (χ1) is 11.8. The highest BCUT2D eigenvalue weighted by atomic mass is 79.9. The minimum Gasteiger partial charge on any atom is -0.218 e. The van der Waals surface area contributed by atoms with Gasteiger partial charge in [-0.05, 0) is 52.6 Å². The number of sulfone groups is 1. The summed E-state index contributed by atoms with van der Waals surface area (Å²) in [6, 6.07) is 17.5. The monoisotopic (exact) mass is 410 g/mol. The summed E-state index contributed by atoms with van der Waals surface area (Å²) in [5, 5.41) is 0. The van der Waals surface area contributed by atoms with Crippen LogP contribution in [0.5, 0.6) is 0 Å². The maximum Gasteiger partial charge on any atom is 0.207 e. The highest BCUT2D eigenvalue weighted by Gasteiger charge is 2.40. The number of halogens is 1. The van der Waals surface area contributed by atoms with Gasteiger partial charge < -0.3 is 0 Å². The van der Waals surface area contributed by atoms with Crippen molar-refractivity contribution in [3.8, 4) is 22.3 Å². The van der Waals surface area contributed by atoms with E-state index in [-0.39, 0.29) is 5.41 Å². The SMILES string of the molecule is CC1(C)c2cc(Br)ccc2-c2cc3c(cc21)-c1ccccc1S3(=O)=O. The van der Waals surface area contributed by atoms with Gasteiger partial charge in [0, 0.05) is 21.0 Å². The number of rotatable bonds is 0. The van der Waals surface area contributed by atoms with Crippen LogP contribution in [0.3, 0.4) is 0 Å². The van der Waals surface area contributed by atoms with Crippen LogP contribution in [-0.4, -0.2) is 8.42 Å². The third kappa shape index (κ3) is 1.81. The summed E-state index contributed by atoms with van der Waals surface area (Å²) >= 11 is 3.56. The quantitative estimate of drug-likeness (QED) is 0.379. The van der Waals surface area contributed by atoms with E-state index in [9.17, 15) is 8.42 Å². The first-order valence-electron chi connectivity index (χ1n) is 8.15. The third-order valence-electron chi connectivity index (χ3n) is 5.49. The number of fused-ring (bicyclic) bond motifs is 6. The fraction of sp³-hybridized carbons (Fsp3) is 0.143. The topological polar surface area (TPSA) is 34.1 Å². The molecule has 3 aromatic rings. The molecule has 0 N–H and O–H groups in total. The van der Waals surface area contributed by atoms with Gasteiger partial charge in [0.15, 0.2) is 0 Å². The van der Waals surface area contributed by atoms with Crippen molar-refractivity contribution in [2.45, 2.75) is 29.1 Å². The van der Waals surface area contributed by atoms with Crippen LogP contribution in [0.4, 0.5) is 0 Å². The van der Waals surface area contributed by atoms with Crippen molar-refractivity contribution in [3.63, 3.8) is 0 Å². The average Bonchev–Trinajstić information content (AvgIpc) is 2.94. The lowest BCUT2D eigenvalue weighted by molar-refractivity contribution is 0.598. The Balaban J connectivity index is 1.89. The predicted octanol–water partition coefficient (Wildman–Crippen LogP) is 5.57. The second-order valence-electron chi connectivity index (χ2n) is 7.21. The van der Waals surface area contributed by atoms with Crippen LogP contribution in [0.1, 0.15) is 25.0 Å². The molecule has 0 radical (unpaired) electrons. The number of benzene rings is 3. The fourth-order valence-corrected chi connectivity index (χ4v) is 6.26. The van der Waals surface area contributed by atoms with Gasteiger partial charge in [0.05, 0.1) is 9.79 Å². The maximum atomic E-state index is 13.0. The normalized spacial score (nSPS) is 17.6. The molecule has 0 aromatic heterocycles. The van der Waals surface area contributed by atoms with Crippen molar-refractivity contribution in [1.82, 2.24) is 0 Å². The minimum absolute atomic E-state index is 0.162. The lowest BCUT2D eigenvalue weighted by Crippen LogP contribution is -2.15. The van der Waals surface area contributed by atoms with Gasteiger partial charge in [-0.2, -0.15) is 0 Å². The molecule has 0 spiro atoms. The Hall–Kier alpha value is -1.91. The van der Waals surface area contributed by atoms with E-state index in [4.69, 9.17) is 0 Å². The van der Waals surface area contributed by atoms with E-state index in [1.165, 1.54) is 11.1 Å². The van der Waals surface area contributed by atoms with Gasteiger partial charge in [-0.3, -0.25) is 0 Å². The standard InChI is InChI=1S/C21H15BrO2S/c1-21(2)17-9-12(22)7-8-13(17)15-11-20-16(10-18(15)21)14-5-3-4-6-19(14)25(20,23)24/h3-11H,1-2H3. The molecule has 0 fully saturated rings. The molecule has 0 saturated carbocycles. The molecule has 124 valence electrons. The Morgan fingerprint density at radius 1 is 0.760 bits per heavy atom. The zero-order valence-corrected chi connectivity index (χ0v) is 16.2. The summed E-state index contributed by atoms with van der Waals surface area (Å²) in [4.78, 5) is 0.849. The Morgan fingerprint density at radius 3 is 2.28 bits per heavy atom. The molecule has 2 aliphatic rings. The molecule has 1 aliphatic carbocycles. The van der Waals surface area contributed by atoms with Crippen molar-refractivity contribution >= 4 is 25.8 Å². The van der Waals surface area contributed by atoms with Gasteiger partial charge in [-0.1, -0.05) is 54.0 Å². The first-order valence-corrected chi connectivity index (χ1v) is 10.4. The molecule has 0 saturated heterocycles. The molecule has 25 heavy (non-hydrogen) atoms. The smallest absolute Gasteiger partial charge is 0.207 e. The molecular formula is C21H15BrO2S. The Labute approximate surface area is 155 Å². The van der Waals surface area contributed by atoms with Gasteiger partial charge in [0.25, 0.3) is 0 Å². The van der Waals surface area contributed by atoms with E-state index in [0.29, 0.717) is 9.79 Å². The van der Waals surface area contributed by atoms with E-state index in [1.807, 2.05) is 24.3 Å². The summed E-state index contributed by atoms with van der Waals surface area (Å²) in [7, 11) is -3.44. The van der Waals surface area contributed by atoms with E-state index in [2.05, 4.69) is 48.0 Å². The second-order valence-corrected chi connectivity index (χ2v) is 10.0. The zero-order chi connectivity index (χ0) is 17.6.